The smallest absolute Gasteiger partial charge is 0.354 e. The molecule has 0 saturated carbocycles. The number of carboxylic acid groups (broad SMARTS) is 1. The Bertz CT molecular complexity index is 303. The van der Waals surface area contributed by atoms with Crippen LogP contribution in [-0.4, -0.2) is 21.0 Å². The van der Waals surface area contributed by atoms with Gasteiger partial charge in [0.2, 0.25) is 0 Å². The highest BCUT2D eigenvalue weighted by atomic mass is 16.4. The first-order valence-electron chi connectivity index (χ1n) is 4.16. The van der Waals surface area contributed by atoms with E-state index in [1.165, 1.54) is 24.2 Å². The second-order valence-electron chi connectivity index (χ2n) is 2.77. The first-order valence-corrected chi connectivity index (χ1v) is 4.16. The number of carboxylic acids is 1. The maximum atomic E-state index is 10.1. The van der Waals surface area contributed by atoms with Crippen molar-refractivity contribution < 1.29 is 9.90 Å². The van der Waals surface area contributed by atoms with E-state index in [1.54, 1.807) is 0 Å². The Kier molecular flexibility index (Phi) is 5.94. The molecule has 0 unspecified atom stereocenters. The summed E-state index contributed by atoms with van der Waals surface area (Å²) in [5.74, 6) is -1.03. The zero-order chi connectivity index (χ0) is 11.0. The summed E-state index contributed by atoms with van der Waals surface area (Å²) >= 11 is 0. The minimum atomic E-state index is -1.03. The Morgan fingerprint density at radius 1 is 1.50 bits per heavy atom. The summed E-state index contributed by atoms with van der Waals surface area (Å²) in [5, 5.41) is 8.29. The van der Waals surface area contributed by atoms with Gasteiger partial charge in [0, 0.05) is 6.20 Å². The van der Waals surface area contributed by atoms with E-state index in [1.807, 2.05) is 6.92 Å². The van der Waals surface area contributed by atoms with Gasteiger partial charge in [-0.1, -0.05) is 11.6 Å². The number of aromatic carboxylic acids is 1. The van der Waals surface area contributed by atoms with E-state index in [9.17, 15) is 4.79 Å². The fraction of sp³-hybridized carbons (Fsp3) is 0.300. The second kappa shape index (κ2) is 6.77. The van der Waals surface area contributed by atoms with Crippen LogP contribution in [-0.2, 0) is 0 Å². The molecule has 76 valence electrons. The average Bonchev–Trinajstić information content (AvgIpc) is 2.20. The zero-order valence-electron chi connectivity index (χ0n) is 8.56. The van der Waals surface area contributed by atoms with Crippen molar-refractivity contribution in [1.82, 2.24) is 9.97 Å². The maximum absolute atomic E-state index is 10.1. The summed E-state index contributed by atoms with van der Waals surface area (Å²) in [4.78, 5) is 17.1. The van der Waals surface area contributed by atoms with E-state index >= 15 is 0 Å². The molecule has 0 radical (unpaired) electrons. The van der Waals surface area contributed by atoms with Crippen LogP contribution in [0.3, 0.4) is 0 Å². The highest BCUT2D eigenvalue weighted by molar-refractivity contribution is 5.84. The van der Waals surface area contributed by atoms with Gasteiger partial charge in [0.25, 0.3) is 0 Å². The van der Waals surface area contributed by atoms with E-state index < -0.39 is 5.97 Å². The van der Waals surface area contributed by atoms with Gasteiger partial charge in [-0.25, -0.2) is 14.8 Å². The normalized spacial score (nSPS) is 8.21. The van der Waals surface area contributed by atoms with Gasteiger partial charge in [-0.15, -0.1) is 0 Å². The van der Waals surface area contributed by atoms with Crippen LogP contribution in [0.2, 0.25) is 0 Å². The fourth-order valence-corrected chi connectivity index (χ4v) is 0.417. The molecule has 1 N–H and O–H groups in total. The van der Waals surface area contributed by atoms with Crippen molar-refractivity contribution in [3.8, 4) is 0 Å². The van der Waals surface area contributed by atoms with Gasteiger partial charge in [-0.2, -0.15) is 0 Å². The van der Waals surface area contributed by atoms with E-state index in [0.29, 0.717) is 0 Å². The van der Waals surface area contributed by atoms with E-state index in [2.05, 4.69) is 29.9 Å². The van der Waals surface area contributed by atoms with Crippen molar-refractivity contribution in [3.05, 3.63) is 35.9 Å². The number of aromatic nitrogens is 2. The summed E-state index contributed by atoms with van der Waals surface area (Å²) in [5.41, 5.74) is 1.40. The van der Waals surface area contributed by atoms with Crippen molar-refractivity contribution in [2.24, 2.45) is 0 Å². The Labute approximate surface area is 83.3 Å². The summed E-state index contributed by atoms with van der Waals surface area (Å²) in [6.07, 6.45) is 4.67. The second-order valence-corrected chi connectivity index (χ2v) is 2.77. The van der Waals surface area contributed by atoms with Crippen molar-refractivity contribution in [2.45, 2.75) is 20.8 Å². The molecule has 1 aromatic rings. The predicted octanol–water partition coefficient (Wildman–Crippen LogP) is 2.15. The minimum Gasteiger partial charge on any atom is -0.477 e. The van der Waals surface area contributed by atoms with Crippen LogP contribution >= 0.6 is 0 Å². The Hall–Kier alpha value is -1.71. The van der Waals surface area contributed by atoms with Gasteiger partial charge in [-0.05, 0) is 26.8 Å². The average molecular weight is 194 g/mol. The molecule has 0 aliphatic rings. The molecule has 4 heteroatoms. The molecule has 0 amide bonds. The van der Waals surface area contributed by atoms with Gasteiger partial charge in [-0.3, -0.25) is 0 Å². The van der Waals surface area contributed by atoms with E-state index in [-0.39, 0.29) is 5.69 Å². The number of rotatable bonds is 1. The number of carbonyl (C=O) groups is 1. The third kappa shape index (κ3) is 5.88. The molecule has 0 spiro atoms. The highest BCUT2D eigenvalue weighted by Crippen LogP contribution is 1.87. The molecule has 0 aliphatic carbocycles. The number of nitrogens with zero attached hydrogens (tertiary/aromatic N) is 2. The summed E-state index contributed by atoms with van der Waals surface area (Å²) in [6, 6.07) is 1.34. The molecule has 4 nitrogen and oxygen atoms in total. The van der Waals surface area contributed by atoms with Crippen LogP contribution in [0, 0.1) is 0 Å². The Morgan fingerprint density at radius 3 is 2.29 bits per heavy atom. The van der Waals surface area contributed by atoms with Crippen LogP contribution < -0.4 is 0 Å². The van der Waals surface area contributed by atoms with Gasteiger partial charge >= 0.3 is 5.97 Å². The highest BCUT2D eigenvalue weighted by Gasteiger charge is 1.99. The molecule has 1 heterocycles. The Balaban J connectivity index is 0.000000292. The molecule has 14 heavy (non-hydrogen) atoms. The summed E-state index contributed by atoms with van der Waals surface area (Å²) in [7, 11) is 0. The SMILES string of the molecule is CC=C(C)C.O=C(O)c1ccncn1. The van der Waals surface area contributed by atoms with Gasteiger partial charge in [0.1, 0.15) is 6.33 Å². The largest absolute Gasteiger partial charge is 0.477 e. The quantitative estimate of drug-likeness (QED) is 0.696. The molecular formula is C10H14N2O2. The lowest BCUT2D eigenvalue weighted by Gasteiger charge is -1.86. The van der Waals surface area contributed by atoms with Crippen molar-refractivity contribution in [3.63, 3.8) is 0 Å². The summed E-state index contributed by atoms with van der Waals surface area (Å²) < 4.78 is 0. The third-order valence-electron chi connectivity index (χ3n) is 1.38. The monoisotopic (exact) mass is 194 g/mol. The van der Waals surface area contributed by atoms with Crippen LogP contribution in [0.1, 0.15) is 31.3 Å². The maximum Gasteiger partial charge on any atom is 0.354 e. The van der Waals surface area contributed by atoms with Crippen LogP contribution in [0.4, 0.5) is 0 Å². The first kappa shape index (κ1) is 12.3. The number of hydrogen-bond donors (Lipinski definition) is 1. The van der Waals surface area contributed by atoms with Gasteiger partial charge in [0.05, 0.1) is 0 Å². The molecule has 0 saturated heterocycles. The van der Waals surface area contributed by atoms with Crippen molar-refractivity contribution in [1.29, 1.82) is 0 Å². The Morgan fingerprint density at radius 2 is 2.07 bits per heavy atom. The molecule has 1 aromatic heterocycles. The van der Waals surface area contributed by atoms with Gasteiger partial charge in [0.15, 0.2) is 5.69 Å². The van der Waals surface area contributed by atoms with Gasteiger partial charge < -0.3 is 5.11 Å². The molecule has 0 atom stereocenters. The van der Waals surface area contributed by atoms with Crippen LogP contribution in [0.15, 0.2) is 30.2 Å². The lowest BCUT2D eigenvalue weighted by Crippen LogP contribution is -1.98. The zero-order valence-corrected chi connectivity index (χ0v) is 8.56. The van der Waals surface area contributed by atoms with Crippen LogP contribution in [0.25, 0.3) is 0 Å². The van der Waals surface area contributed by atoms with Crippen molar-refractivity contribution in [2.75, 3.05) is 0 Å². The molecule has 0 aliphatic heterocycles. The minimum absolute atomic E-state index is 0.0185. The molecule has 1 rings (SSSR count). The van der Waals surface area contributed by atoms with E-state index in [4.69, 9.17) is 5.11 Å². The summed E-state index contributed by atoms with van der Waals surface area (Å²) in [6.45, 7) is 6.20. The lowest BCUT2D eigenvalue weighted by atomic mass is 10.3. The topological polar surface area (TPSA) is 63.1 Å². The predicted molar refractivity (Wildman–Crippen MR) is 54.1 cm³/mol. The molecule has 0 aromatic carbocycles. The van der Waals surface area contributed by atoms with E-state index in [0.717, 1.165) is 0 Å². The standard InChI is InChI=1S/C5H4N2O2.C5H10/c8-5(9)4-1-2-6-3-7-4;1-4-5(2)3/h1-3H,(H,8,9);4H,1-3H3. The molecule has 0 bridgehead atoms. The third-order valence-corrected chi connectivity index (χ3v) is 1.38. The van der Waals surface area contributed by atoms with Crippen molar-refractivity contribution >= 4 is 5.97 Å². The lowest BCUT2D eigenvalue weighted by molar-refractivity contribution is 0.0690. The molecule has 0 fully saturated rings. The number of allylic oxidation sites excluding steroid dienone is 2. The first-order chi connectivity index (χ1) is 6.57. The van der Waals surface area contributed by atoms with Crippen LogP contribution in [0.5, 0.6) is 0 Å². The number of hydrogen-bond acceptors (Lipinski definition) is 3. The fourth-order valence-electron chi connectivity index (χ4n) is 0.417. The molecular weight excluding hydrogens is 180 g/mol.